The molecule has 1 aliphatic carbocycles. The van der Waals surface area contributed by atoms with Gasteiger partial charge in [-0.1, -0.05) is 25.3 Å². The van der Waals surface area contributed by atoms with Crippen molar-refractivity contribution in [3.8, 4) is 6.07 Å². The average molecular weight is 369 g/mol. The second-order valence-corrected chi connectivity index (χ2v) is 5.84. The average Bonchev–Trinajstić information content (AvgIpc) is 2.60. The van der Waals surface area contributed by atoms with Crippen LogP contribution in [0.15, 0.2) is 35.9 Å². The molecule has 1 saturated carbocycles. The molecule has 0 unspecified atom stereocenters. The van der Waals surface area contributed by atoms with Gasteiger partial charge in [0.1, 0.15) is 11.6 Å². The predicted octanol–water partition coefficient (Wildman–Crippen LogP) is 3.36. The second-order valence-electron chi connectivity index (χ2n) is 5.84. The molecule has 4 N–H and O–H groups in total. The number of halogens is 3. The van der Waals surface area contributed by atoms with Gasteiger partial charge in [0, 0.05) is 11.7 Å². The molecule has 0 spiro atoms. The number of carbonyl (C=O) groups excluding carboxylic acids is 1. The third-order valence-electron chi connectivity index (χ3n) is 3.76. The molecule has 0 heterocycles. The van der Waals surface area contributed by atoms with E-state index in [-0.39, 0.29) is 11.3 Å². The lowest BCUT2D eigenvalue weighted by Crippen LogP contribution is -2.22. The number of nitrogens with two attached hydrogens (primary N) is 1. The Morgan fingerprint density at radius 1 is 1.35 bits per heavy atom. The molecule has 0 saturated heterocycles. The minimum absolute atomic E-state index is 0.0843. The lowest BCUT2D eigenvalue weighted by molar-refractivity contribution is -0.137. The summed E-state index contributed by atoms with van der Waals surface area (Å²) in [7, 11) is 0. The van der Waals surface area contributed by atoms with E-state index in [2.05, 4.69) is 5.32 Å². The van der Waals surface area contributed by atoms with Crippen LogP contribution >= 0.6 is 0 Å². The number of hydrogen-bond acceptors (Lipinski definition) is 4. The van der Waals surface area contributed by atoms with Crippen molar-refractivity contribution in [2.45, 2.75) is 44.3 Å². The fraction of sp³-hybridized carbons (Fsp3) is 0.444. The first-order valence-electron chi connectivity index (χ1n) is 8.23. The van der Waals surface area contributed by atoms with Gasteiger partial charge in [-0.2, -0.15) is 18.4 Å². The predicted molar refractivity (Wildman–Crippen MR) is 91.9 cm³/mol. The summed E-state index contributed by atoms with van der Waals surface area (Å²) in [6.45, 7) is -0.515. The molecule has 0 aromatic heterocycles. The standard InChI is InChI=1S/C12H9F3N2O2.C6H13N/c13-12(14,15)9-2-1-3-10(6-9)17-11(19)8(7-16)4-5-18;7-6-4-2-1-3-5-6/h1-4,6,18H,5H2,(H,17,19);6H,1-5,7H2. The molecule has 8 heteroatoms. The minimum Gasteiger partial charge on any atom is -0.392 e. The third-order valence-corrected chi connectivity index (χ3v) is 3.76. The number of rotatable bonds is 3. The van der Waals surface area contributed by atoms with Crippen LogP contribution in [0.4, 0.5) is 18.9 Å². The summed E-state index contributed by atoms with van der Waals surface area (Å²) < 4.78 is 37.3. The van der Waals surface area contributed by atoms with E-state index in [4.69, 9.17) is 16.1 Å². The van der Waals surface area contributed by atoms with Crippen LogP contribution < -0.4 is 11.1 Å². The molecule has 0 atom stereocenters. The molecule has 26 heavy (non-hydrogen) atoms. The molecule has 142 valence electrons. The van der Waals surface area contributed by atoms with Crippen molar-refractivity contribution in [1.82, 2.24) is 0 Å². The molecular formula is C18H22F3N3O2. The maximum atomic E-state index is 12.4. The fourth-order valence-electron chi connectivity index (χ4n) is 2.39. The molecule has 0 aliphatic heterocycles. The maximum absolute atomic E-state index is 12.4. The lowest BCUT2D eigenvalue weighted by Gasteiger charge is -2.15. The number of aliphatic hydroxyl groups is 1. The Labute approximate surface area is 150 Å². The number of amides is 1. The van der Waals surface area contributed by atoms with Gasteiger partial charge in [0.2, 0.25) is 0 Å². The Kier molecular flexibility index (Phi) is 8.82. The summed E-state index contributed by atoms with van der Waals surface area (Å²) in [5, 5.41) is 19.3. The zero-order valence-electron chi connectivity index (χ0n) is 14.2. The van der Waals surface area contributed by atoms with Crippen molar-refractivity contribution >= 4 is 11.6 Å². The van der Waals surface area contributed by atoms with Crippen LogP contribution in [0.1, 0.15) is 37.7 Å². The summed E-state index contributed by atoms with van der Waals surface area (Å²) in [6.07, 6.45) is 3.11. The molecule has 2 rings (SSSR count). The van der Waals surface area contributed by atoms with E-state index in [9.17, 15) is 18.0 Å². The molecule has 1 amide bonds. The van der Waals surface area contributed by atoms with Crippen LogP contribution in [-0.4, -0.2) is 23.7 Å². The fourth-order valence-corrected chi connectivity index (χ4v) is 2.39. The Bertz CT molecular complexity index is 660. The molecule has 1 fully saturated rings. The summed E-state index contributed by atoms with van der Waals surface area (Å²) in [5.41, 5.74) is 4.27. The van der Waals surface area contributed by atoms with Crippen molar-refractivity contribution in [2.24, 2.45) is 5.73 Å². The van der Waals surface area contributed by atoms with Crippen LogP contribution in [0.25, 0.3) is 0 Å². The zero-order chi connectivity index (χ0) is 19.6. The van der Waals surface area contributed by atoms with Gasteiger partial charge in [0.25, 0.3) is 5.91 Å². The number of hydrogen-bond donors (Lipinski definition) is 3. The first kappa shape index (κ1) is 21.7. The summed E-state index contributed by atoms with van der Waals surface area (Å²) in [5.74, 6) is -0.879. The normalized spacial score (nSPS) is 15.5. The maximum Gasteiger partial charge on any atom is 0.416 e. The number of nitrogens with zero attached hydrogens (tertiary/aromatic N) is 1. The molecule has 5 nitrogen and oxygen atoms in total. The number of nitrogens with one attached hydrogen (secondary N) is 1. The Morgan fingerprint density at radius 3 is 2.46 bits per heavy atom. The summed E-state index contributed by atoms with van der Waals surface area (Å²) in [6, 6.07) is 6.10. The van der Waals surface area contributed by atoms with E-state index in [1.807, 2.05) is 0 Å². The Balaban J connectivity index is 0.000000401. The van der Waals surface area contributed by atoms with Crippen molar-refractivity contribution in [3.63, 3.8) is 0 Å². The van der Waals surface area contributed by atoms with Gasteiger partial charge >= 0.3 is 6.18 Å². The molecule has 0 radical (unpaired) electrons. The van der Waals surface area contributed by atoms with Crippen molar-refractivity contribution in [3.05, 3.63) is 41.5 Å². The van der Waals surface area contributed by atoms with Gasteiger partial charge in [-0.25, -0.2) is 0 Å². The Morgan fingerprint density at radius 2 is 2.00 bits per heavy atom. The van der Waals surface area contributed by atoms with Crippen molar-refractivity contribution < 1.29 is 23.1 Å². The molecule has 1 aromatic rings. The number of alkyl halides is 3. The SMILES string of the molecule is N#CC(=CCO)C(=O)Nc1cccc(C(F)(F)F)c1.NC1CCCCC1. The van der Waals surface area contributed by atoms with Gasteiger partial charge in [-0.3, -0.25) is 4.79 Å². The zero-order valence-corrected chi connectivity index (χ0v) is 14.2. The van der Waals surface area contributed by atoms with E-state index in [1.54, 1.807) is 0 Å². The van der Waals surface area contributed by atoms with E-state index in [0.29, 0.717) is 6.04 Å². The number of anilines is 1. The summed E-state index contributed by atoms with van der Waals surface area (Å²) >= 11 is 0. The first-order chi connectivity index (χ1) is 12.3. The first-order valence-corrected chi connectivity index (χ1v) is 8.23. The van der Waals surface area contributed by atoms with Crippen LogP contribution in [0.2, 0.25) is 0 Å². The highest BCUT2D eigenvalue weighted by atomic mass is 19.4. The van der Waals surface area contributed by atoms with Crippen LogP contribution in [0.5, 0.6) is 0 Å². The topological polar surface area (TPSA) is 99.1 Å². The minimum atomic E-state index is -4.51. The van der Waals surface area contributed by atoms with Crippen molar-refractivity contribution in [1.29, 1.82) is 5.26 Å². The number of carbonyl (C=O) groups is 1. The van der Waals surface area contributed by atoms with Gasteiger partial charge in [0.05, 0.1) is 12.2 Å². The highest BCUT2D eigenvalue weighted by molar-refractivity contribution is 6.06. The van der Waals surface area contributed by atoms with Crippen LogP contribution in [0, 0.1) is 11.3 Å². The largest absolute Gasteiger partial charge is 0.416 e. The monoisotopic (exact) mass is 369 g/mol. The van der Waals surface area contributed by atoms with E-state index >= 15 is 0 Å². The molecule has 0 bridgehead atoms. The van der Waals surface area contributed by atoms with Gasteiger partial charge in [-0.05, 0) is 37.1 Å². The quantitative estimate of drug-likeness (QED) is 0.562. The van der Waals surface area contributed by atoms with E-state index in [1.165, 1.54) is 44.2 Å². The highest BCUT2D eigenvalue weighted by Gasteiger charge is 2.30. The number of benzene rings is 1. The van der Waals surface area contributed by atoms with Gasteiger partial charge < -0.3 is 16.2 Å². The van der Waals surface area contributed by atoms with Gasteiger partial charge in [-0.15, -0.1) is 0 Å². The van der Waals surface area contributed by atoms with Crippen LogP contribution in [-0.2, 0) is 11.0 Å². The van der Waals surface area contributed by atoms with Crippen molar-refractivity contribution in [2.75, 3.05) is 11.9 Å². The van der Waals surface area contributed by atoms with E-state index in [0.717, 1.165) is 24.3 Å². The third kappa shape index (κ3) is 7.68. The highest BCUT2D eigenvalue weighted by Crippen LogP contribution is 2.30. The molecule has 1 aromatic carbocycles. The molecule has 1 aliphatic rings. The van der Waals surface area contributed by atoms with Gasteiger partial charge in [0.15, 0.2) is 0 Å². The molecular weight excluding hydrogens is 347 g/mol. The van der Waals surface area contributed by atoms with E-state index < -0.39 is 24.3 Å². The second kappa shape index (κ2) is 10.6. The smallest absolute Gasteiger partial charge is 0.392 e. The Hall–Kier alpha value is -2.37. The lowest BCUT2D eigenvalue weighted by atomic mass is 9.97. The summed E-state index contributed by atoms with van der Waals surface area (Å²) in [4.78, 5) is 11.5. The number of nitriles is 1. The number of aliphatic hydroxyl groups excluding tert-OH is 1. The van der Waals surface area contributed by atoms with Crippen LogP contribution in [0.3, 0.4) is 0 Å².